The van der Waals surface area contributed by atoms with E-state index in [9.17, 15) is 4.79 Å². The molecule has 0 saturated carbocycles. The lowest BCUT2D eigenvalue weighted by Crippen LogP contribution is -2.09. The molecule has 0 aromatic carbocycles. The molecule has 0 aromatic heterocycles. The van der Waals surface area contributed by atoms with E-state index in [1.807, 2.05) is 0 Å². The Kier molecular flexibility index (Phi) is 9.65. The zero-order valence-electron chi connectivity index (χ0n) is 10.6. The first-order valence-electron chi connectivity index (χ1n) is 6.32. The smallest absolute Gasteiger partial charge is 0.305 e. The Morgan fingerprint density at radius 1 is 1.07 bits per heavy atom. The third kappa shape index (κ3) is 11.4. The molecule has 0 atom stereocenters. The molecule has 2 heteroatoms. The Labute approximate surface area is 94.4 Å². The van der Waals surface area contributed by atoms with Crippen molar-refractivity contribution in [3.63, 3.8) is 0 Å². The first-order chi connectivity index (χ1) is 7.16. The maximum absolute atomic E-state index is 11.2. The molecule has 0 fully saturated rings. The second-order valence-corrected chi connectivity index (χ2v) is 4.59. The topological polar surface area (TPSA) is 26.3 Å². The second kappa shape index (κ2) is 10.0. The summed E-state index contributed by atoms with van der Waals surface area (Å²) in [7, 11) is 0. The van der Waals surface area contributed by atoms with Crippen molar-refractivity contribution < 1.29 is 9.53 Å². The lowest BCUT2D eigenvalue weighted by molar-refractivity contribution is -0.144. The van der Waals surface area contributed by atoms with Crippen molar-refractivity contribution in [1.29, 1.82) is 0 Å². The lowest BCUT2D eigenvalue weighted by atomic mass is 10.1. The van der Waals surface area contributed by atoms with E-state index in [2.05, 4.69) is 20.8 Å². The molecular formula is C13H26O2. The van der Waals surface area contributed by atoms with Crippen molar-refractivity contribution in [3.8, 4) is 0 Å². The quantitative estimate of drug-likeness (QED) is 0.429. The fourth-order valence-electron chi connectivity index (χ4n) is 1.38. The third-order valence-electron chi connectivity index (χ3n) is 2.31. The van der Waals surface area contributed by atoms with Gasteiger partial charge in [-0.3, -0.25) is 4.79 Å². The van der Waals surface area contributed by atoms with E-state index in [4.69, 9.17) is 4.74 Å². The van der Waals surface area contributed by atoms with E-state index in [1.54, 1.807) is 0 Å². The Balaban J connectivity index is 3.17. The van der Waals surface area contributed by atoms with Crippen LogP contribution in [0.25, 0.3) is 0 Å². The summed E-state index contributed by atoms with van der Waals surface area (Å²) in [5, 5.41) is 0. The highest BCUT2D eigenvalue weighted by atomic mass is 16.5. The Hall–Kier alpha value is -0.530. The van der Waals surface area contributed by atoms with E-state index in [1.165, 1.54) is 25.7 Å². The molecule has 0 aliphatic carbocycles. The van der Waals surface area contributed by atoms with Gasteiger partial charge < -0.3 is 4.74 Å². The summed E-state index contributed by atoms with van der Waals surface area (Å²) < 4.78 is 5.09. The normalized spacial score (nSPS) is 10.7. The molecule has 2 nitrogen and oxygen atoms in total. The molecule has 0 aliphatic rings. The van der Waals surface area contributed by atoms with Gasteiger partial charge in [0.05, 0.1) is 6.61 Å². The largest absolute Gasteiger partial charge is 0.465 e. The van der Waals surface area contributed by atoms with E-state index < -0.39 is 0 Å². The third-order valence-corrected chi connectivity index (χ3v) is 2.31. The summed E-state index contributed by atoms with van der Waals surface area (Å²) in [6.07, 6.45) is 7.90. The van der Waals surface area contributed by atoms with Crippen LogP contribution in [0.5, 0.6) is 0 Å². The van der Waals surface area contributed by atoms with Crippen LogP contribution >= 0.6 is 0 Å². The highest BCUT2D eigenvalue weighted by molar-refractivity contribution is 5.69. The van der Waals surface area contributed by atoms with Gasteiger partial charge >= 0.3 is 5.97 Å². The Bertz CT molecular complexity index is 153. The molecule has 0 N–H and O–H groups in total. The van der Waals surface area contributed by atoms with Crippen LogP contribution in [0.3, 0.4) is 0 Å². The van der Waals surface area contributed by atoms with Gasteiger partial charge in [-0.2, -0.15) is 0 Å². The highest BCUT2D eigenvalue weighted by Gasteiger charge is 2.03. The van der Waals surface area contributed by atoms with Crippen LogP contribution < -0.4 is 0 Å². The summed E-state index contributed by atoms with van der Waals surface area (Å²) in [5.41, 5.74) is 0. The van der Waals surface area contributed by atoms with Crippen LogP contribution in [-0.4, -0.2) is 12.6 Å². The fourth-order valence-corrected chi connectivity index (χ4v) is 1.38. The highest BCUT2D eigenvalue weighted by Crippen LogP contribution is 2.07. The van der Waals surface area contributed by atoms with Crippen LogP contribution in [0.4, 0.5) is 0 Å². The van der Waals surface area contributed by atoms with E-state index in [-0.39, 0.29) is 5.97 Å². The van der Waals surface area contributed by atoms with E-state index >= 15 is 0 Å². The number of rotatable bonds is 9. The van der Waals surface area contributed by atoms with Crippen LogP contribution in [0.2, 0.25) is 0 Å². The lowest BCUT2D eigenvalue weighted by Gasteiger charge is -2.06. The number of hydrogen-bond acceptors (Lipinski definition) is 2. The summed E-state index contributed by atoms with van der Waals surface area (Å²) in [4.78, 5) is 11.2. The van der Waals surface area contributed by atoms with Gasteiger partial charge in [-0.25, -0.2) is 0 Å². The minimum absolute atomic E-state index is 0.0285. The van der Waals surface area contributed by atoms with Gasteiger partial charge in [-0.15, -0.1) is 0 Å². The van der Waals surface area contributed by atoms with Gasteiger partial charge in [0.2, 0.25) is 0 Å². The Morgan fingerprint density at radius 3 is 2.27 bits per heavy atom. The minimum Gasteiger partial charge on any atom is -0.465 e. The predicted molar refractivity (Wildman–Crippen MR) is 63.8 cm³/mol. The fraction of sp³-hybridized carbons (Fsp3) is 0.923. The van der Waals surface area contributed by atoms with Gasteiger partial charge in [0.25, 0.3) is 0 Å². The number of unbranched alkanes of at least 4 members (excludes halogenated alkanes) is 5. The van der Waals surface area contributed by atoms with Crippen molar-refractivity contribution >= 4 is 5.97 Å². The van der Waals surface area contributed by atoms with Crippen LogP contribution in [0, 0.1) is 5.92 Å². The van der Waals surface area contributed by atoms with Crippen LogP contribution in [0.1, 0.15) is 65.7 Å². The molecule has 0 unspecified atom stereocenters. The molecule has 0 amide bonds. The zero-order chi connectivity index (χ0) is 11.5. The van der Waals surface area contributed by atoms with Gasteiger partial charge in [-0.1, -0.05) is 52.9 Å². The number of carbonyl (C=O) groups is 1. The monoisotopic (exact) mass is 214 g/mol. The second-order valence-electron chi connectivity index (χ2n) is 4.59. The van der Waals surface area contributed by atoms with Crippen LogP contribution in [-0.2, 0) is 9.53 Å². The molecule has 0 bridgehead atoms. The molecule has 0 saturated heterocycles. The van der Waals surface area contributed by atoms with Crippen molar-refractivity contribution in [1.82, 2.24) is 0 Å². The average molecular weight is 214 g/mol. The maximum atomic E-state index is 11.2. The molecule has 0 aromatic rings. The van der Waals surface area contributed by atoms with E-state index in [0.29, 0.717) is 18.9 Å². The standard InChI is InChI=1S/C13H26O2/c1-4-5-6-7-8-9-10-13(14)15-11-12(2)3/h12H,4-11H2,1-3H3. The minimum atomic E-state index is -0.0285. The Morgan fingerprint density at radius 2 is 1.67 bits per heavy atom. The average Bonchev–Trinajstić information content (AvgIpc) is 2.20. The summed E-state index contributed by atoms with van der Waals surface area (Å²) in [5.74, 6) is 0.415. The molecule has 90 valence electrons. The van der Waals surface area contributed by atoms with Crippen molar-refractivity contribution in [3.05, 3.63) is 0 Å². The summed E-state index contributed by atoms with van der Waals surface area (Å²) in [6, 6.07) is 0. The molecule has 0 radical (unpaired) electrons. The van der Waals surface area contributed by atoms with Gasteiger partial charge in [0, 0.05) is 6.42 Å². The molecule has 0 heterocycles. The van der Waals surface area contributed by atoms with Crippen molar-refractivity contribution in [2.45, 2.75) is 65.7 Å². The summed E-state index contributed by atoms with van der Waals surface area (Å²) >= 11 is 0. The van der Waals surface area contributed by atoms with Gasteiger partial charge in [0.15, 0.2) is 0 Å². The molecular weight excluding hydrogens is 188 g/mol. The zero-order valence-corrected chi connectivity index (χ0v) is 10.6. The number of hydrogen-bond donors (Lipinski definition) is 0. The number of ether oxygens (including phenoxy) is 1. The number of carbonyl (C=O) groups excluding carboxylic acids is 1. The SMILES string of the molecule is CCCCCCCCC(=O)OCC(C)C. The van der Waals surface area contributed by atoms with Gasteiger partial charge in [0.1, 0.15) is 0 Å². The molecule has 0 spiro atoms. The molecule has 0 aliphatic heterocycles. The predicted octanol–water partition coefficient (Wildman–Crippen LogP) is 3.94. The van der Waals surface area contributed by atoms with Crippen molar-refractivity contribution in [2.75, 3.05) is 6.61 Å². The van der Waals surface area contributed by atoms with E-state index in [0.717, 1.165) is 12.8 Å². The molecule has 0 rings (SSSR count). The first kappa shape index (κ1) is 14.5. The maximum Gasteiger partial charge on any atom is 0.305 e. The van der Waals surface area contributed by atoms with Crippen LogP contribution in [0.15, 0.2) is 0 Å². The summed E-state index contributed by atoms with van der Waals surface area (Å²) in [6.45, 7) is 6.88. The number of esters is 1. The molecule has 15 heavy (non-hydrogen) atoms. The van der Waals surface area contributed by atoms with Gasteiger partial charge in [-0.05, 0) is 12.3 Å². The van der Waals surface area contributed by atoms with Crippen molar-refractivity contribution in [2.24, 2.45) is 5.92 Å². The first-order valence-corrected chi connectivity index (χ1v) is 6.32.